The zero-order valence-electron chi connectivity index (χ0n) is 5.56. The third-order valence-corrected chi connectivity index (χ3v) is 1.80. The first-order valence-corrected chi connectivity index (χ1v) is 3.03. The molecule has 1 unspecified atom stereocenters. The first kappa shape index (κ1) is 7.44. The lowest BCUT2D eigenvalue weighted by Crippen LogP contribution is -2.30. The second kappa shape index (κ2) is 2.18. The van der Waals surface area contributed by atoms with Crippen LogP contribution in [0.3, 0.4) is 0 Å². The molecule has 1 fully saturated rings. The number of hydrogen-bond acceptors (Lipinski definition) is 2. The summed E-state index contributed by atoms with van der Waals surface area (Å²) in [7, 11) is 0. The number of rotatable bonds is 1. The topological polar surface area (TPSA) is 26.3 Å². The highest BCUT2D eigenvalue weighted by Crippen LogP contribution is 2.35. The van der Waals surface area contributed by atoms with Gasteiger partial charge in [0.1, 0.15) is 5.41 Å². The van der Waals surface area contributed by atoms with Crippen molar-refractivity contribution in [2.45, 2.75) is 19.8 Å². The van der Waals surface area contributed by atoms with Crippen molar-refractivity contribution in [3.8, 4) is 0 Å². The van der Waals surface area contributed by atoms with E-state index in [-0.39, 0.29) is 13.0 Å². The summed E-state index contributed by atoms with van der Waals surface area (Å²) in [6, 6.07) is 0. The Labute approximate surface area is 57.2 Å². The summed E-state index contributed by atoms with van der Waals surface area (Å²) in [6.45, 7) is 1.35. The number of esters is 1. The van der Waals surface area contributed by atoms with Gasteiger partial charge in [0, 0.05) is 6.42 Å². The van der Waals surface area contributed by atoms with Gasteiger partial charge in [-0.05, 0) is 6.92 Å². The third kappa shape index (κ3) is 0.874. The van der Waals surface area contributed by atoms with Gasteiger partial charge in [-0.15, -0.1) is 0 Å². The number of carbonyl (C=O) groups excluding carboxylic acids is 1. The van der Waals surface area contributed by atoms with Crippen molar-refractivity contribution in [1.82, 2.24) is 0 Å². The molecule has 1 atom stereocenters. The van der Waals surface area contributed by atoms with Gasteiger partial charge in [0.2, 0.25) is 0 Å². The predicted octanol–water partition coefficient (Wildman–Crippen LogP) is 1.20. The molecule has 0 amide bonds. The van der Waals surface area contributed by atoms with Gasteiger partial charge in [-0.2, -0.15) is 0 Å². The Morgan fingerprint density at radius 1 is 1.70 bits per heavy atom. The van der Waals surface area contributed by atoms with E-state index < -0.39 is 17.8 Å². The Hall–Kier alpha value is -0.670. The minimum atomic E-state index is -2.61. The van der Waals surface area contributed by atoms with Crippen molar-refractivity contribution in [2.75, 3.05) is 6.61 Å². The van der Waals surface area contributed by atoms with Gasteiger partial charge in [-0.3, -0.25) is 4.79 Å². The van der Waals surface area contributed by atoms with Gasteiger partial charge in [-0.25, -0.2) is 8.78 Å². The molecular formula is C6H8F2O2. The zero-order chi connectivity index (χ0) is 7.78. The van der Waals surface area contributed by atoms with Crippen LogP contribution in [-0.4, -0.2) is 19.0 Å². The summed E-state index contributed by atoms with van der Waals surface area (Å²) in [4.78, 5) is 10.6. The van der Waals surface area contributed by atoms with Crippen molar-refractivity contribution < 1.29 is 18.3 Å². The largest absolute Gasteiger partial charge is 0.465 e. The SMILES string of the molecule is CC1(C(F)F)CCOC1=O. The molecule has 0 N–H and O–H groups in total. The molecule has 10 heavy (non-hydrogen) atoms. The minimum absolute atomic E-state index is 0.125. The molecule has 0 radical (unpaired) electrons. The minimum Gasteiger partial charge on any atom is -0.465 e. The smallest absolute Gasteiger partial charge is 0.317 e. The average Bonchev–Trinajstić information content (AvgIpc) is 2.15. The van der Waals surface area contributed by atoms with Gasteiger partial charge in [0.25, 0.3) is 6.43 Å². The van der Waals surface area contributed by atoms with Crippen LogP contribution in [0.25, 0.3) is 0 Å². The molecule has 0 aromatic rings. The number of carbonyl (C=O) groups is 1. The maximum absolute atomic E-state index is 12.1. The third-order valence-electron chi connectivity index (χ3n) is 1.80. The van der Waals surface area contributed by atoms with Crippen LogP contribution in [0.1, 0.15) is 13.3 Å². The lowest BCUT2D eigenvalue weighted by molar-refractivity contribution is -0.152. The average molecular weight is 150 g/mol. The van der Waals surface area contributed by atoms with Crippen LogP contribution >= 0.6 is 0 Å². The first-order valence-electron chi connectivity index (χ1n) is 3.03. The van der Waals surface area contributed by atoms with Crippen molar-refractivity contribution in [3.63, 3.8) is 0 Å². The van der Waals surface area contributed by atoms with Crippen LogP contribution in [0, 0.1) is 5.41 Å². The van der Waals surface area contributed by atoms with E-state index in [1.807, 2.05) is 0 Å². The second-order valence-electron chi connectivity index (χ2n) is 2.60. The van der Waals surface area contributed by atoms with Crippen LogP contribution in [0.15, 0.2) is 0 Å². The van der Waals surface area contributed by atoms with Crippen LogP contribution in [-0.2, 0) is 9.53 Å². The maximum Gasteiger partial charge on any atom is 0.317 e. The molecule has 4 heteroatoms. The van der Waals surface area contributed by atoms with Gasteiger partial charge >= 0.3 is 5.97 Å². The summed E-state index contributed by atoms with van der Waals surface area (Å²) >= 11 is 0. The lowest BCUT2D eigenvalue weighted by Gasteiger charge is -2.16. The Kier molecular flexibility index (Phi) is 1.62. The van der Waals surface area contributed by atoms with Gasteiger partial charge in [0.15, 0.2) is 0 Å². The maximum atomic E-state index is 12.1. The summed E-state index contributed by atoms with van der Waals surface area (Å²) in [5.41, 5.74) is -1.54. The fourth-order valence-corrected chi connectivity index (χ4v) is 0.821. The first-order chi connectivity index (χ1) is 4.57. The van der Waals surface area contributed by atoms with Gasteiger partial charge in [-0.1, -0.05) is 0 Å². The molecule has 58 valence electrons. The standard InChI is InChI=1S/C6H8F2O2/c1-6(4(7)8)2-3-10-5(6)9/h4H,2-3H2,1H3. The molecule has 1 saturated heterocycles. The number of hydrogen-bond donors (Lipinski definition) is 0. The van der Waals surface area contributed by atoms with Crippen LogP contribution in [0.2, 0.25) is 0 Å². The van der Waals surface area contributed by atoms with E-state index >= 15 is 0 Å². The zero-order valence-corrected chi connectivity index (χ0v) is 5.56. The van der Waals surface area contributed by atoms with E-state index in [0.717, 1.165) is 0 Å². The fourth-order valence-electron chi connectivity index (χ4n) is 0.821. The van der Waals surface area contributed by atoms with Gasteiger partial charge < -0.3 is 4.74 Å². The Morgan fingerprint density at radius 3 is 2.50 bits per heavy atom. The molecular weight excluding hydrogens is 142 g/mol. The van der Waals surface area contributed by atoms with E-state index in [4.69, 9.17) is 0 Å². The van der Waals surface area contributed by atoms with E-state index in [9.17, 15) is 13.6 Å². The monoisotopic (exact) mass is 150 g/mol. The van der Waals surface area contributed by atoms with E-state index in [1.54, 1.807) is 0 Å². The highest BCUT2D eigenvalue weighted by molar-refractivity contribution is 5.78. The molecule has 2 nitrogen and oxygen atoms in total. The summed E-state index contributed by atoms with van der Waals surface area (Å²) in [5.74, 6) is -0.775. The number of cyclic esters (lactones) is 1. The van der Waals surface area contributed by atoms with Crippen molar-refractivity contribution in [2.24, 2.45) is 5.41 Å². The van der Waals surface area contributed by atoms with Crippen molar-refractivity contribution in [1.29, 1.82) is 0 Å². The Bertz CT molecular complexity index is 158. The van der Waals surface area contributed by atoms with Crippen LogP contribution < -0.4 is 0 Å². The molecule has 0 aromatic heterocycles. The summed E-state index contributed by atoms with van der Waals surface area (Å²) in [5, 5.41) is 0. The molecule has 1 aliphatic rings. The van der Waals surface area contributed by atoms with E-state index in [2.05, 4.69) is 4.74 Å². The fraction of sp³-hybridized carbons (Fsp3) is 0.833. The number of ether oxygens (including phenoxy) is 1. The summed E-state index contributed by atoms with van der Waals surface area (Å²) in [6.07, 6.45) is -2.48. The van der Waals surface area contributed by atoms with E-state index in [0.29, 0.717) is 0 Å². The molecule has 0 saturated carbocycles. The Balaban J connectivity index is 2.75. The van der Waals surface area contributed by atoms with Crippen molar-refractivity contribution >= 4 is 5.97 Å². The number of alkyl halides is 2. The molecule has 1 aliphatic heterocycles. The quantitative estimate of drug-likeness (QED) is 0.525. The summed E-state index contributed by atoms with van der Waals surface area (Å²) < 4.78 is 28.6. The van der Waals surface area contributed by atoms with Crippen LogP contribution in [0.5, 0.6) is 0 Å². The second-order valence-corrected chi connectivity index (χ2v) is 2.60. The predicted molar refractivity (Wildman–Crippen MR) is 29.7 cm³/mol. The van der Waals surface area contributed by atoms with E-state index in [1.165, 1.54) is 6.92 Å². The van der Waals surface area contributed by atoms with Gasteiger partial charge in [0.05, 0.1) is 6.61 Å². The number of halogens is 2. The van der Waals surface area contributed by atoms with Crippen molar-refractivity contribution in [3.05, 3.63) is 0 Å². The molecule has 1 heterocycles. The van der Waals surface area contributed by atoms with Crippen LogP contribution in [0.4, 0.5) is 8.78 Å². The molecule has 0 aliphatic carbocycles. The molecule has 0 bridgehead atoms. The normalized spacial score (nSPS) is 33.0. The molecule has 0 aromatic carbocycles. The molecule has 0 spiro atoms. The highest BCUT2D eigenvalue weighted by atomic mass is 19.3. The lowest BCUT2D eigenvalue weighted by atomic mass is 9.90. The Morgan fingerprint density at radius 2 is 2.30 bits per heavy atom. The highest BCUT2D eigenvalue weighted by Gasteiger charge is 2.47. The molecule has 1 rings (SSSR count).